The summed E-state index contributed by atoms with van der Waals surface area (Å²) in [6.45, 7) is 3.55. The Hall–Kier alpha value is -2.64. The van der Waals surface area contributed by atoms with Crippen LogP contribution in [0.3, 0.4) is 0 Å². The van der Waals surface area contributed by atoms with Crippen molar-refractivity contribution in [1.82, 2.24) is 19.6 Å². The van der Waals surface area contributed by atoms with Gasteiger partial charge in [0.25, 0.3) is 5.91 Å². The first-order valence-electron chi connectivity index (χ1n) is 6.04. The van der Waals surface area contributed by atoms with Gasteiger partial charge in [0.05, 0.1) is 11.4 Å². The lowest BCUT2D eigenvalue weighted by Crippen LogP contribution is -2.25. The number of aromatic nitrogens is 4. The van der Waals surface area contributed by atoms with Crippen LogP contribution in [0.4, 0.5) is 5.69 Å². The van der Waals surface area contributed by atoms with Crippen LogP contribution in [-0.4, -0.2) is 31.4 Å². The van der Waals surface area contributed by atoms with E-state index in [4.69, 9.17) is 5.73 Å². The molecule has 1 atom stereocenters. The molecule has 0 aliphatic heterocycles. The van der Waals surface area contributed by atoms with E-state index in [0.29, 0.717) is 5.69 Å². The number of primary amides is 1. The average molecular weight is 276 g/mol. The molecule has 0 saturated carbocycles. The molecule has 0 aromatic carbocycles. The maximum atomic E-state index is 12.1. The molecule has 1 unspecified atom stereocenters. The molecule has 0 aliphatic carbocycles. The minimum Gasteiger partial charge on any atom is -0.364 e. The third-order valence-electron chi connectivity index (χ3n) is 2.84. The molecule has 2 rings (SSSR count). The van der Waals surface area contributed by atoms with Crippen LogP contribution in [0.25, 0.3) is 0 Å². The molecule has 0 bridgehead atoms. The van der Waals surface area contributed by atoms with E-state index in [9.17, 15) is 9.59 Å². The maximum absolute atomic E-state index is 12.1. The molecule has 8 heteroatoms. The van der Waals surface area contributed by atoms with Crippen molar-refractivity contribution in [2.75, 3.05) is 5.32 Å². The molecule has 0 aliphatic rings. The summed E-state index contributed by atoms with van der Waals surface area (Å²) in [5.41, 5.74) is 6.36. The van der Waals surface area contributed by atoms with Gasteiger partial charge in [-0.2, -0.15) is 10.2 Å². The van der Waals surface area contributed by atoms with Crippen molar-refractivity contribution in [2.24, 2.45) is 12.8 Å². The number of nitrogens with one attached hydrogen (secondary N) is 1. The first-order valence-corrected chi connectivity index (χ1v) is 6.04. The zero-order chi connectivity index (χ0) is 14.9. The Morgan fingerprint density at radius 1 is 1.40 bits per heavy atom. The van der Waals surface area contributed by atoms with Crippen LogP contribution in [0.2, 0.25) is 0 Å². The highest BCUT2D eigenvalue weighted by Gasteiger charge is 2.20. The lowest BCUT2D eigenvalue weighted by Gasteiger charge is -2.12. The van der Waals surface area contributed by atoms with Crippen molar-refractivity contribution in [2.45, 2.75) is 19.9 Å². The molecule has 0 radical (unpaired) electrons. The Bertz CT molecular complexity index is 657. The van der Waals surface area contributed by atoms with Gasteiger partial charge in [-0.3, -0.25) is 19.0 Å². The summed E-state index contributed by atoms with van der Waals surface area (Å²) >= 11 is 0. The summed E-state index contributed by atoms with van der Waals surface area (Å²) in [6, 6.07) is 1.30. The standard InChI is InChI=1S/C12H16N6O2/c1-7-4-5-18(15-7)8(2)12(20)14-9-6-17(3)16-10(9)11(13)19/h4-6,8H,1-3H3,(H2,13,19)(H,14,20). The van der Waals surface area contributed by atoms with Crippen LogP contribution in [0.1, 0.15) is 29.1 Å². The number of carbonyl (C=O) groups excluding carboxylic acids is 2. The van der Waals surface area contributed by atoms with Gasteiger partial charge in [0.1, 0.15) is 6.04 Å². The van der Waals surface area contributed by atoms with Gasteiger partial charge in [-0.1, -0.05) is 0 Å². The Labute approximate surface area is 115 Å². The number of carbonyl (C=O) groups is 2. The third kappa shape index (κ3) is 2.68. The summed E-state index contributed by atoms with van der Waals surface area (Å²) in [5.74, 6) is -0.993. The highest BCUT2D eigenvalue weighted by atomic mass is 16.2. The Morgan fingerprint density at radius 2 is 2.10 bits per heavy atom. The predicted molar refractivity (Wildman–Crippen MR) is 72.0 cm³/mol. The molecule has 20 heavy (non-hydrogen) atoms. The second kappa shape index (κ2) is 5.16. The van der Waals surface area contributed by atoms with Gasteiger partial charge in [-0.25, -0.2) is 0 Å². The van der Waals surface area contributed by atoms with Crippen molar-refractivity contribution in [3.05, 3.63) is 29.8 Å². The van der Waals surface area contributed by atoms with Crippen molar-refractivity contribution < 1.29 is 9.59 Å². The molecular formula is C12H16N6O2. The molecule has 3 N–H and O–H groups in total. The predicted octanol–water partition coefficient (Wildman–Crippen LogP) is 0.224. The first-order chi connectivity index (χ1) is 9.38. The summed E-state index contributed by atoms with van der Waals surface area (Å²) < 4.78 is 2.96. The Balaban J connectivity index is 2.17. The highest BCUT2D eigenvalue weighted by molar-refractivity contribution is 6.02. The fourth-order valence-electron chi connectivity index (χ4n) is 1.77. The van der Waals surface area contributed by atoms with Crippen LogP contribution < -0.4 is 11.1 Å². The summed E-state index contributed by atoms with van der Waals surface area (Å²) in [5, 5.41) is 10.7. The molecule has 106 valence electrons. The van der Waals surface area contributed by atoms with Gasteiger partial charge in [0, 0.05) is 19.4 Å². The van der Waals surface area contributed by atoms with Crippen molar-refractivity contribution >= 4 is 17.5 Å². The van der Waals surface area contributed by atoms with Crippen LogP contribution in [0, 0.1) is 6.92 Å². The van der Waals surface area contributed by atoms with E-state index in [2.05, 4.69) is 15.5 Å². The normalized spacial score (nSPS) is 12.2. The van der Waals surface area contributed by atoms with Crippen molar-refractivity contribution in [1.29, 1.82) is 0 Å². The lowest BCUT2D eigenvalue weighted by molar-refractivity contribution is -0.119. The van der Waals surface area contributed by atoms with Gasteiger partial charge in [-0.15, -0.1) is 0 Å². The fourth-order valence-corrected chi connectivity index (χ4v) is 1.77. The first kappa shape index (κ1) is 13.8. The highest BCUT2D eigenvalue weighted by Crippen LogP contribution is 2.15. The van der Waals surface area contributed by atoms with Gasteiger partial charge >= 0.3 is 0 Å². The van der Waals surface area contributed by atoms with Crippen molar-refractivity contribution in [3.8, 4) is 0 Å². The number of hydrogen-bond acceptors (Lipinski definition) is 4. The number of aryl methyl sites for hydroxylation is 2. The van der Waals surface area contributed by atoms with Crippen LogP contribution >= 0.6 is 0 Å². The third-order valence-corrected chi connectivity index (χ3v) is 2.84. The molecule has 8 nitrogen and oxygen atoms in total. The minimum absolute atomic E-state index is 0.0321. The Morgan fingerprint density at radius 3 is 2.65 bits per heavy atom. The van der Waals surface area contributed by atoms with Crippen LogP contribution in [0.5, 0.6) is 0 Å². The number of nitrogens with zero attached hydrogens (tertiary/aromatic N) is 4. The largest absolute Gasteiger partial charge is 0.364 e. The molecular weight excluding hydrogens is 260 g/mol. The SMILES string of the molecule is Cc1ccn(C(C)C(=O)Nc2cn(C)nc2C(N)=O)n1. The van der Waals surface area contributed by atoms with E-state index in [1.54, 1.807) is 24.9 Å². The Kier molecular flexibility index (Phi) is 3.55. The summed E-state index contributed by atoms with van der Waals surface area (Å²) in [6.07, 6.45) is 3.25. The van der Waals surface area contributed by atoms with E-state index in [-0.39, 0.29) is 11.6 Å². The van der Waals surface area contributed by atoms with E-state index >= 15 is 0 Å². The second-order valence-electron chi connectivity index (χ2n) is 4.53. The molecule has 2 heterocycles. The van der Waals surface area contributed by atoms with Gasteiger partial charge in [0.2, 0.25) is 5.91 Å². The minimum atomic E-state index is -0.691. The van der Waals surface area contributed by atoms with Gasteiger partial charge in [-0.05, 0) is 19.9 Å². The van der Waals surface area contributed by atoms with Crippen LogP contribution in [-0.2, 0) is 11.8 Å². The van der Waals surface area contributed by atoms with Gasteiger partial charge < -0.3 is 11.1 Å². The maximum Gasteiger partial charge on any atom is 0.271 e. The number of anilines is 1. The molecule has 0 saturated heterocycles. The van der Waals surface area contributed by atoms with E-state index in [1.165, 1.54) is 10.9 Å². The number of hydrogen-bond donors (Lipinski definition) is 2. The molecule has 0 fully saturated rings. The smallest absolute Gasteiger partial charge is 0.271 e. The zero-order valence-electron chi connectivity index (χ0n) is 11.5. The second-order valence-corrected chi connectivity index (χ2v) is 4.53. The summed E-state index contributed by atoms with van der Waals surface area (Å²) in [7, 11) is 1.64. The molecule has 2 aromatic rings. The van der Waals surface area contributed by atoms with Gasteiger partial charge in [0.15, 0.2) is 5.69 Å². The fraction of sp³-hybridized carbons (Fsp3) is 0.333. The topological polar surface area (TPSA) is 108 Å². The molecule has 2 amide bonds. The number of rotatable bonds is 4. The van der Waals surface area contributed by atoms with E-state index < -0.39 is 11.9 Å². The molecule has 0 spiro atoms. The van der Waals surface area contributed by atoms with Crippen LogP contribution in [0.15, 0.2) is 18.5 Å². The molecule has 2 aromatic heterocycles. The number of amides is 2. The van der Waals surface area contributed by atoms with E-state index in [1.807, 2.05) is 13.0 Å². The lowest BCUT2D eigenvalue weighted by atomic mass is 10.3. The zero-order valence-corrected chi connectivity index (χ0v) is 11.5. The monoisotopic (exact) mass is 276 g/mol. The number of nitrogens with two attached hydrogens (primary N) is 1. The average Bonchev–Trinajstić information content (AvgIpc) is 2.94. The quantitative estimate of drug-likeness (QED) is 0.832. The summed E-state index contributed by atoms with van der Waals surface area (Å²) in [4.78, 5) is 23.4. The van der Waals surface area contributed by atoms with Crippen molar-refractivity contribution in [3.63, 3.8) is 0 Å². The van der Waals surface area contributed by atoms with E-state index in [0.717, 1.165) is 5.69 Å².